The Morgan fingerprint density at radius 3 is 2.53 bits per heavy atom. The van der Waals surface area contributed by atoms with Crippen molar-refractivity contribution in [2.45, 2.75) is 6.54 Å². The molecule has 0 unspecified atom stereocenters. The number of carbonyl (C=O) groups excluding carboxylic acids is 1. The number of hydrogen-bond acceptors (Lipinski definition) is 2. The fourth-order valence-corrected chi connectivity index (χ4v) is 3.90. The van der Waals surface area contributed by atoms with Gasteiger partial charge in [-0.3, -0.25) is 4.79 Å². The molecular weight excluding hydrogens is 441 g/mol. The van der Waals surface area contributed by atoms with Gasteiger partial charge in [-0.05, 0) is 35.9 Å². The number of carbonyl (C=O) groups is 1. The van der Waals surface area contributed by atoms with Gasteiger partial charge in [-0.15, -0.1) is 0 Å². The first kappa shape index (κ1) is 20.5. The highest BCUT2D eigenvalue weighted by Crippen LogP contribution is 2.24. The summed E-state index contributed by atoms with van der Waals surface area (Å²) in [6.07, 6.45) is 3.60. The maximum Gasteiger partial charge on any atom is 0.272 e. The van der Waals surface area contributed by atoms with Crippen LogP contribution in [-0.2, 0) is 6.54 Å². The molecule has 0 atom stereocenters. The number of para-hydroxylation sites is 1. The van der Waals surface area contributed by atoms with Crippen molar-refractivity contribution < 1.29 is 4.79 Å². The minimum absolute atomic E-state index is 0.270. The summed E-state index contributed by atoms with van der Waals surface area (Å²) in [7, 11) is 0. The third kappa shape index (κ3) is 4.36. The molecule has 1 amide bonds. The fraction of sp³-hybridized carbons (Fsp3) is 0.0435. The smallest absolute Gasteiger partial charge is 0.272 e. The van der Waals surface area contributed by atoms with E-state index in [2.05, 4.69) is 15.1 Å². The van der Waals surface area contributed by atoms with Gasteiger partial charge in [0.05, 0.1) is 16.8 Å². The van der Waals surface area contributed by atoms with E-state index in [1.807, 2.05) is 54.7 Å². The van der Waals surface area contributed by atoms with Crippen molar-refractivity contribution in [3.05, 3.63) is 105 Å². The van der Waals surface area contributed by atoms with Crippen LogP contribution in [-0.4, -0.2) is 16.7 Å². The zero-order valence-electron chi connectivity index (χ0n) is 15.6. The molecule has 0 bridgehead atoms. The lowest BCUT2D eigenvalue weighted by atomic mass is 10.2. The average molecular weight is 457 g/mol. The number of fused-ring (bicyclic) bond motifs is 1. The number of rotatable bonds is 5. The van der Waals surface area contributed by atoms with Crippen LogP contribution in [0.5, 0.6) is 0 Å². The van der Waals surface area contributed by atoms with Crippen LogP contribution in [0.4, 0.5) is 0 Å². The number of hydrazone groups is 1. The molecule has 0 aliphatic heterocycles. The summed E-state index contributed by atoms with van der Waals surface area (Å²) in [6.45, 7) is 0.626. The molecule has 30 heavy (non-hydrogen) atoms. The summed E-state index contributed by atoms with van der Waals surface area (Å²) in [5, 5.41) is 6.59. The lowest BCUT2D eigenvalue weighted by Crippen LogP contribution is -2.18. The topological polar surface area (TPSA) is 46.4 Å². The van der Waals surface area contributed by atoms with Crippen molar-refractivity contribution in [3.8, 4) is 0 Å². The average Bonchev–Trinajstić information content (AvgIpc) is 3.07. The van der Waals surface area contributed by atoms with E-state index in [4.69, 9.17) is 34.8 Å². The third-order valence-electron chi connectivity index (χ3n) is 4.66. The second-order valence-corrected chi connectivity index (χ2v) is 7.90. The van der Waals surface area contributed by atoms with Crippen LogP contribution in [0.2, 0.25) is 15.1 Å². The zero-order chi connectivity index (χ0) is 21.1. The number of nitrogens with one attached hydrogen (secondary N) is 1. The van der Waals surface area contributed by atoms with E-state index in [1.165, 1.54) is 6.07 Å². The number of halogens is 3. The Labute approximate surface area is 188 Å². The minimum Gasteiger partial charge on any atom is -0.342 e. The lowest BCUT2D eigenvalue weighted by molar-refractivity contribution is 0.0955. The van der Waals surface area contributed by atoms with Crippen LogP contribution in [0.15, 0.2) is 78.0 Å². The maximum atomic E-state index is 12.3. The number of hydrogen-bond donors (Lipinski definition) is 1. The molecule has 0 saturated carbocycles. The Bertz CT molecular complexity index is 1260. The largest absolute Gasteiger partial charge is 0.342 e. The van der Waals surface area contributed by atoms with Gasteiger partial charge < -0.3 is 4.57 Å². The van der Waals surface area contributed by atoms with Gasteiger partial charge >= 0.3 is 0 Å². The van der Waals surface area contributed by atoms with Crippen LogP contribution in [0.1, 0.15) is 21.5 Å². The fourth-order valence-electron chi connectivity index (χ4n) is 3.21. The Kier molecular flexibility index (Phi) is 6.09. The highest BCUT2D eigenvalue weighted by Gasteiger charge is 2.11. The highest BCUT2D eigenvalue weighted by molar-refractivity contribution is 6.36. The predicted molar refractivity (Wildman–Crippen MR) is 124 cm³/mol. The molecule has 150 valence electrons. The molecule has 0 radical (unpaired) electrons. The molecule has 4 nitrogen and oxygen atoms in total. The quantitative estimate of drug-likeness (QED) is 0.273. The zero-order valence-corrected chi connectivity index (χ0v) is 17.9. The van der Waals surface area contributed by atoms with Gasteiger partial charge in [0.25, 0.3) is 5.91 Å². The van der Waals surface area contributed by atoms with Crippen LogP contribution in [0.25, 0.3) is 10.9 Å². The summed E-state index contributed by atoms with van der Waals surface area (Å²) in [4.78, 5) is 12.3. The summed E-state index contributed by atoms with van der Waals surface area (Å²) in [6, 6.07) is 20.4. The first-order valence-electron chi connectivity index (χ1n) is 9.12. The minimum atomic E-state index is -0.410. The van der Waals surface area contributed by atoms with Gasteiger partial charge in [0.2, 0.25) is 0 Å². The Balaban J connectivity index is 1.58. The number of aromatic nitrogens is 1. The Morgan fingerprint density at radius 1 is 0.967 bits per heavy atom. The van der Waals surface area contributed by atoms with Crippen LogP contribution in [0, 0.1) is 0 Å². The first-order valence-corrected chi connectivity index (χ1v) is 10.3. The van der Waals surface area contributed by atoms with E-state index in [-0.39, 0.29) is 5.02 Å². The molecule has 1 heterocycles. The van der Waals surface area contributed by atoms with Gasteiger partial charge in [0.1, 0.15) is 0 Å². The molecule has 1 N–H and O–H groups in total. The van der Waals surface area contributed by atoms with Gasteiger partial charge in [0.15, 0.2) is 0 Å². The standard InChI is InChI=1S/C23H16Cl3N3O/c24-17-9-10-19(21(26)11-17)23(30)28-27-12-16-14-29(22-8-4-2-6-18(16)22)13-15-5-1-3-7-20(15)25/h1-12,14H,13H2,(H,28,30)/b27-12-. The van der Waals surface area contributed by atoms with Crippen LogP contribution >= 0.6 is 34.8 Å². The van der Waals surface area contributed by atoms with E-state index in [1.54, 1.807) is 18.3 Å². The van der Waals surface area contributed by atoms with Crippen molar-refractivity contribution in [1.29, 1.82) is 0 Å². The van der Waals surface area contributed by atoms with Crippen molar-refractivity contribution in [2.75, 3.05) is 0 Å². The first-order chi connectivity index (χ1) is 14.5. The second kappa shape index (κ2) is 8.92. The molecule has 4 rings (SSSR count). The van der Waals surface area contributed by atoms with Crippen molar-refractivity contribution in [2.24, 2.45) is 5.10 Å². The molecule has 3 aromatic carbocycles. The van der Waals surface area contributed by atoms with E-state index < -0.39 is 5.91 Å². The van der Waals surface area contributed by atoms with E-state index in [0.717, 1.165) is 27.1 Å². The summed E-state index contributed by atoms with van der Waals surface area (Å²) >= 11 is 18.3. The third-order valence-corrected chi connectivity index (χ3v) is 5.58. The lowest BCUT2D eigenvalue weighted by Gasteiger charge is -2.07. The normalized spacial score (nSPS) is 11.3. The number of nitrogens with zero attached hydrogens (tertiary/aromatic N) is 2. The molecule has 0 saturated heterocycles. The predicted octanol–water partition coefficient (Wildman–Crippen LogP) is 6.41. The number of amides is 1. The van der Waals surface area contributed by atoms with Crippen LogP contribution in [0.3, 0.4) is 0 Å². The molecule has 0 fully saturated rings. The molecular formula is C23H16Cl3N3O. The molecule has 0 spiro atoms. The van der Waals surface area contributed by atoms with E-state index in [9.17, 15) is 4.79 Å². The van der Waals surface area contributed by atoms with Gasteiger partial charge in [-0.2, -0.15) is 5.10 Å². The van der Waals surface area contributed by atoms with Gasteiger partial charge in [-0.25, -0.2) is 5.43 Å². The second-order valence-electron chi connectivity index (χ2n) is 6.64. The molecule has 1 aromatic heterocycles. The maximum absolute atomic E-state index is 12.3. The van der Waals surface area contributed by atoms with Gasteiger partial charge in [0, 0.05) is 39.3 Å². The highest BCUT2D eigenvalue weighted by atomic mass is 35.5. The van der Waals surface area contributed by atoms with E-state index >= 15 is 0 Å². The molecule has 0 aliphatic rings. The summed E-state index contributed by atoms with van der Waals surface area (Å²) in [5.74, 6) is -0.410. The summed E-state index contributed by atoms with van der Waals surface area (Å²) in [5.41, 5.74) is 5.76. The number of benzene rings is 3. The molecule has 4 aromatic rings. The van der Waals surface area contributed by atoms with Crippen molar-refractivity contribution in [3.63, 3.8) is 0 Å². The van der Waals surface area contributed by atoms with Crippen molar-refractivity contribution >= 4 is 57.8 Å². The SMILES string of the molecule is O=C(N/N=C\c1cn(Cc2ccccc2Cl)c2ccccc12)c1ccc(Cl)cc1Cl. The Hall–Kier alpha value is -2.79. The molecule has 0 aliphatic carbocycles. The van der Waals surface area contributed by atoms with Crippen LogP contribution < -0.4 is 5.43 Å². The monoisotopic (exact) mass is 455 g/mol. The summed E-state index contributed by atoms with van der Waals surface area (Å²) < 4.78 is 2.11. The molecule has 7 heteroatoms. The van der Waals surface area contributed by atoms with Crippen molar-refractivity contribution in [1.82, 2.24) is 9.99 Å². The van der Waals surface area contributed by atoms with Gasteiger partial charge in [-0.1, -0.05) is 71.2 Å². The Morgan fingerprint density at radius 2 is 1.73 bits per heavy atom. The van der Waals surface area contributed by atoms with E-state index in [0.29, 0.717) is 17.1 Å².